The summed E-state index contributed by atoms with van der Waals surface area (Å²) in [5.41, 5.74) is 6.22. The average Bonchev–Trinajstić information content (AvgIpc) is 2.28. The molecule has 2 atom stereocenters. The zero-order valence-corrected chi connectivity index (χ0v) is 10.2. The largest absolute Gasteiger partial charge is 0.490 e. The van der Waals surface area contributed by atoms with Gasteiger partial charge in [-0.05, 0) is 18.9 Å². The lowest BCUT2D eigenvalue weighted by Gasteiger charge is -2.21. The molecule has 0 radical (unpaired) electrons. The summed E-state index contributed by atoms with van der Waals surface area (Å²) in [6.45, 7) is 6.44. The van der Waals surface area contributed by atoms with Crippen molar-refractivity contribution in [2.45, 2.75) is 33.0 Å². The van der Waals surface area contributed by atoms with Crippen LogP contribution in [0.4, 0.5) is 0 Å². The van der Waals surface area contributed by atoms with Gasteiger partial charge in [0.15, 0.2) is 0 Å². The van der Waals surface area contributed by atoms with E-state index in [1.54, 1.807) is 0 Å². The molecule has 0 aliphatic rings. The van der Waals surface area contributed by atoms with E-state index >= 15 is 0 Å². The first-order chi connectivity index (χ1) is 7.56. The molecule has 1 rings (SSSR count). The molecule has 0 aliphatic heterocycles. The summed E-state index contributed by atoms with van der Waals surface area (Å²) in [5, 5.41) is 9.76. The van der Waals surface area contributed by atoms with Crippen molar-refractivity contribution in [3.8, 4) is 5.75 Å². The third kappa shape index (κ3) is 3.22. The molecule has 0 saturated heterocycles. The molecule has 3 N–H and O–H groups in total. The van der Waals surface area contributed by atoms with Gasteiger partial charge in [-0.15, -0.1) is 0 Å². The van der Waals surface area contributed by atoms with Gasteiger partial charge >= 0.3 is 0 Å². The number of hydrogen-bond acceptors (Lipinski definition) is 3. The Morgan fingerprint density at radius 1 is 1.25 bits per heavy atom. The second-order valence-corrected chi connectivity index (χ2v) is 4.36. The molecule has 0 spiro atoms. The van der Waals surface area contributed by atoms with Gasteiger partial charge in [-0.1, -0.05) is 32.0 Å². The molecule has 16 heavy (non-hydrogen) atoms. The van der Waals surface area contributed by atoms with Gasteiger partial charge < -0.3 is 15.6 Å². The maximum absolute atomic E-state index is 9.76. The van der Waals surface area contributed by atoms with Gasteiger partial charge in [-0.2, -0.15) is 0 Å². The molecule has 0 fully saturated rings. The zero-order valence-electron chi connectivity index (χ0n) is 10.2. The summed E-state index contributed by atoms with van der Waals surface area (Å²) in [7, 11) is 0. The number of benzene rings is 1. The molecule has 0 amide bonds. The maximum Gasteiger partial charge on any atom is 0.125 e. The van der Waals surface area contributed by atoms with Gasteiger partial charge in [0.25, 0.3) is 0 Å². The van der Waals surface area contributed by atoms with Crippen LogP contribution in [0.3, 0.4) is 0 Å². The van der Waals surface area contributed by atoms with Crippen LogP contribution in [-0.2, 0) is 0 Å². The highest BCUT2D eigenvalue weighted by Crippen LogP contribution is 2.26. The first-order valence-corrected chi connectivity index (χ1v) is 5.70. The minimum atomic E-state index is -0.657. The Labute approximate surface area is 97.2 Å². The van der Waals surface area contributed by atoms with Crippen LogP contribution in [0.5, 0.6) is 5.75 Å². The van der Waals surface area contributed by atoms with Crippen molar-refractivity contribution >= 4 is 0 Å². The molecule has 1 aromatic carbocycles. The van der Waals surface area contributed by atoms with Gasteiger partial charge in [0.2, 0.25) is 0 Å². The van der Waals surface area contributed by atoms with Crippen molar-refractivity contribution in [3.05, 3.63) is 29.8 Å². The van der Waals surface area contributed by atoms with E-state index in [4.69, 9.17) is 10.5 Å². The third-order valence-corrected chi connectivity index (χ3v) is 2.75. The van der Waals surface area contributed by atoms with E-state index in [1.165, 1.54) is 0 Å². The average molecular weight is 223 g/mol. The lowest BCUT2D eigenvalue weighted by molar-refractivity contribution is 0.149. The smallest absolute Gasteiger partial charge is 0.125 e. The molecule has 0 saturated carbocycles. The van der Waals surface area contributed by atoms with Gasteiger partial charge in [0.05, 0.1) is 12.2 Å². The highest BCUT2D eigenvalue weighted by Gasteiger charge is 2.15. The van der Waals surface area contributed by atoms with Gasteiger partial charge in [0.1, 0.15) is 5.75 Å². The van der Waals surface area contributed by atoms with Crippen LogP contribution in [0.15, 0.2) is 24.3 Å². The van der Waals surface area contributed by atoms with Crippen molar-refractivity contribution in [1.29, 1.82) is 0 Å². The van der Waals surface area contributed by atoms with Crippen molar-refractivity contribution < 1.29 is 9.84 Å². The second-order valence-electron chi connectivity index (χ2n) is 4.36. The Morgan fingerprint density at radius 2 is 1.88 bits per heavy atom. The molecule has 0 heterocycles. The maximum atomic E-state index is 9.76. The number of nitrogens with two attached hydrogens (primary N) is 1. The Kier molecular flexibility index (Phi) is 4.77. The van der Waals surface area contributed by atoms with E-state index in [0.717, 1.165) is 11.3 Å². The molecule has 3 heteroatoms. The predicted molar refractivity (Wildman–Crippen MR) is 65.4 cm³/mol. The van der Waals surface area contributed by atoms with Crippen LogP contribution < -0.4 is 10.5 Å². The van der Waals surface area contributed by atoms with E-state index in [0.29, 0.717) is 5.92 Å². The van der Waals surface area contributed by atoms with Crippen LogP contribution in [0.25, 0.3) is 0 Å². The quantitative estimate of drug-likeness (QED) is 0.803. The van der Waals surface area contributed by atoms with Crippen molar-refractivity contribution in [2.75, 3.05) is 6.54 Å². The van der Waals surface area contributed by atoms with Crippen LogP contribution >= 0.6 is 0 Å². The molecule has 2 unspecified atom stereocenters. The highest BCUT2D eigenvalue weighted by atomic mass is 16.5. The molecule has 0 aliphatic carbocycles. The van der Waals surface area contributed by atoms with Gasteiger partial charge in [0, 0.05) is 12.1 Å². The van der Waals surface area contributed by atoms with Crippen LogP contribution in [0.2, 0.25) is 0 Å². The van der Waals surface area contributed by atoms with Crippen molar-refractivity contribution in [2.24, 2.45) is 11.7 Å². The predicted octanol–water partition coefficient (Wildman–Crippen LogP) is 2.10. The fourth-order valence-electron chi connectivity index (χ4n) is 1.33. The fraction of sp³-hybridized carbons (Fsp3) is 0.538. The number of hydrogen-bond donors (Lipinski definition) is 2. The van der Waals surface area contributed by atoms with Crippen molar-refractivity contribution in [1.82, 2.24) is 0 Å². The Morgan fingerprint density at radius 3 is 2.44 bits per heavy atom. The van der Waals surface area contributed by atoms with E-state index in [1.807, 2.05) is 31.2 Å². The van der Waals surface area contributed by atoms with E-state index in [-0.39, 0.29) is 12.6 Å². The van der Waals surface area contributed by atoms with Crippen LogP contribution in [0.1, 0.15) is 32.4 Å². The van der Waals surface area contributed by atoms with E-state index in [9.17, 15) is 5.11 Å². The van der Waals surface area contributed by atoms with Crippen molar-refractivity contribution in [3.63, 3.8) is 0 Å². The first-order valence-electron chi connectivity index (χ1n) is 5.70. The molecular formula is C13H21NO2. The molecule has 3 nitrogen and oxygen atoms in total. The van der Waals surface area contributed by atoms with E-state index in [2.05, 4.69) is 13.8 Å². The highest BCUT2D eigenvalue weighted by molar-refractivity contribution is 5.35. The minimum absolute atomic E-state index is 0.117. The zero-order chi connectivity index (χ0) is 12.1. The van der Waals surface area contributed by atoms with Gasteiger partial charge in [-0.25, -0.2) is 0 Å². The second kappa shape index (κ2) is 5.87. The monoisotopic (exact) mass is 223 g/mol. The fourth-order valence-corrected chi connectivity index (χ4v) is 1.33. The SMILES string of the molecule is CC(C)C(C)Oc1ccccc1C(O)CN. The number of ether oxygens (including phenoxy) is 1. The number of aliphatic hydroxyl groups excluding tert-OH is 1. The lowest BCUT2D eigenvalue weighted by atomic mass is 10.1. The summed E-state index contributed by atoms with van der Waals surface area (Å²) in [6, 6.07) is 7.49. The summed E-state index contributed by atoms with van der Waals surface area (Å²) in [5.74, 6) is 1.16. The molecule has 1 aromatic rings. The summed E-state index contributed by atoms with van der Waals surface area (Å²) in [6.07, 6.45) is -0.540. The normalized spacial score (nSPS) is 14.9. The Bertz CT molecular complexity index is 325. The van der Waals surface area contributed by atoms with Crippen LogP contribution in [0, 0.1) is 5.92 Å². The lowest BCUT2D eigenvalue weighted by Crippen LogP contribution is -2.20. The molecule has 0 bridgehead atoms. The topological polar surface area (TPSA) is 55.5 Å². The number of rotatable bonds is 5. The standard InChI is InChI=1S/C13H21NO2/c1-9(2)10(3)16-13-7-5-4-6-11(13)12(15)8-14/h4-7,9-10,12,15H,8,14H2,1-3H3. The molecule has 0 aromatic heterocycles. The summed E-state index contributed by atoms with van der Waals surface area (Å²) in [4.78, 5) is 0. The minimum Gasteiger partial charge on any atom is -0.490 e. The summed E-state index contributed by atoms with van der Waals surface area (Å²) >= 11 is 0. The van der Waals surface area contributed by atoms with E-state index < -0.39 is 6.10 Å². The van der Waals surface area contributed by atoms with Crippen LogP contribution in [-0.4, -0.2) is 17.8 Å². The van der Waals surface area contributed by atoms with Gasteiger partial charge in [-0.3, -0.25) is 0 Å². The molecule has 90 valence electrons. The Balaban J connectivity index is 2.86. The first kappa shape index (κ1) is 13.0. The number of aliphatic hydroxyl groups is 1. The summed E-state index contributed by atoms with van der Waals surface area (Å²) < 4.78 is 5.81. The molecular weight excluding hydrogens is 202 g/mol. The number of para-hydroxylation sites is 1. The Hall–Kier alpha value is -1.06. The third-order valence-electron chi connectivity index (χ3n) is 2.75.